The Morgan fingerprint density at radius 1 is 1.24 bits per heavy atom. The van der Waals surface area contributed by atoms with Gasteiger partial charge < -0.3 is 14.6 Å². The van der Waals surface area contributed by atoms with Crippen molar-refractivity contribution < 1.29 is 18.3 Å². The third-order valence-electron chi connectivity index (χ3n) is 4.92. The number of fused-ring (bicyclic) bond motifs is 1. The molecule has 0 saturated carbocycles. The van der Waals surface area contributed by atoms with Crippen molar-refractivity contribution in [2.75, 3.05) is 18.0 Å². The number of aromatic nitrogens is 6. The second-order valence-corrected chi connectivity index (χ2v) is 8.32. The number of alkyl halides is 3. The predicted octanol–water partition coefficient (Wildman–Crippen LogP) is 2.49. The monoisotopic (exact) mass is 409 g/mol. The Kier molecular flexibility index (Phi) is 4.52. The number of rotatable bonds is 3. The second-order valence-electron chi connectivity index (χ2n) is 8.32. The molecule has 1 aliphatic heterocycles. The number of nitrogens with zero attached hydrogens (tertiary/aromatic N) is 6. The van der Waals surface area contributed by atoms with Gasteiger partial charge in [0.1, 0.15) is 11.5 Å². The summed E-state index contributed by atoms with van der Waals surface area (Å²) in [5.41, 5.74) is -0.290. The van der Waals surface area contributed by atoms with Gasteiger partial charge in [-0.1, -0.05) is 20.8 Å². The molecular weight excluding hydrogens is 387 g/mol. The van der Waals surface area contributed by atoms with Gasteiger partial charge in [0.15, 0.2) is 17.0 Å². The van der Waals surface area contributed by atoms with Crippen molar-refractivity contribution in [3.05, 3.63) is 29.6 Å². The number of halogens is 3. The van der Waals surface area contributed by atoms with E-state index >= 15 is 0 Å². The third kappa shape index (κ3) is 3.66. The van der Waals surface area contributed by atoms with E-state index in [0.29, 0.717) is 42.3 Å². The number of β-amino-alcohol motifs (C(OH)–C–C–N with tert-alkyl or cyclic N) is 1. The Morgan fingerprint density at radius 2 is 2.00 bits per heavy atom. The minimum atomic E-state index is -4.52. The van der Waals surface area contributed by atoms with E-state index < -0.39 is 18.0 Å². The highest BCUT2D eigenvalue weighted by atomic mass is 19.4. The topological polar surface area (TPSA) is 95.7 Å². The second kappa shape index (κ2) is 6.68. The van der Waals surface area contributed by atoms with Crippen molar-refractivity contribution in [2.24, 2.45) is 0 Å². The van der Waals surface area contributed by atoms with Crippen LogP contribution in [0.2, 0.25) is 0 Å². The largest absolute Gasteiger partial charge is 0.433 e. The molecule has 0 spiro atoms. The van der Waals surface area contributed by atoms with E-state index in [1.54, 1.807) is 4.57 Å². The van der Waals surface area contributed by atoms with Crippen molar-refractivity contribution >= 4 is 17.0 Å². The van der Waals surface area contributed by atoms with Gasteiger partial charge in [-0.2, -0.15) is 18.3 Å². The van der Waals surface area contributed by atoms with Crippen LogP contribution in [0, 0.1) is 0 Å². The molecule has 3 aromatic rings. The molecular formula is C18H22F3N7O. The molecule has 156 valence electrons. The molecule has 2 N–H and O–H groups in total. The molecule has 29 heavy (non-hydrogen) atoms. The van der Waals surface area contributed by atoms with Crippen molar-refractivity contribution in [3.63, 3.8) is 0 Å². The highest BCUT2D eigenvalue weighted by Gasteiger charge is 2.36. The van der Waals surface area contributed by atoms with Crippen LogP contribution in [0.25, 0.3) is 11.2 Å². The Morgan fingerprint density at radius 3 is 2.62 bits per heavy atom. The molecule has 4 heterocycles. The van der Waals surface area contributed by atoms with E-state index in [0.717, 1.165) is 6.20 Å². The van der Waals surface area contributed by atoms with E-state index in [-0.39, 0.29) is 17.5 Å². The van der Waals surface area contributed by atoms with Crippen LogP contribution in [0.5, 0.6) is 0 Å². The summed E-state index contributed by atoms with van der Waals surface area (Å²) in [5, 5.41) is 15.5. The Balaban J connectivity index is 1.82. The van der Waals surface area contributed by atoms with E-state index in [1.165, 1.54) is 6.33 Å². The van der Waals surface area contributed by atoms with Crippen molar-refractivity contribution in [1.82, 2.24) is 29.7 Å². The molecule has 0 aromatic carbocycles. The maximum absolute atomic E-state index is 13.2. The minimum Gasteiger partial charge on any atom is -0.391 e. The van der Waals surface area contributed by atoms with E-state index in [2.05, 4.69) is 20.1 Å². The minimum absolute atomic E-state index is 0.00543. The number of imidazole rings is 1. The van der Waals surface area contributed by atoms with Crippen molar-refractivity contribution in [1.29, 1.82) is 0 Å². The van der Waals surface area contributed by atoms with Gasteiger partial charge in [-0.15, -0.1) is 0 Å². The lowest BCUT2D eigenvalue weighted by atomic mass is 9.96. The van der Waals surface area contributed by atoms with Crippen LogP contribution in [0.1, 0.15) is 44.3 Å². The van der Waals surface area contributed by atoms with E-state index in [1.807, 2.05) is 30.8 Å². The number of aromatic amines is 1. The number of aliphatic hydroxyl groups excluding tert-OH is 1. The van der Waals surface area contributed by atoms with Crippen LogP contribution >= 0.6 is 0 Å². The molecule has 1 atom stereocenters. The van der Waals surface area contributed by atoms with Crippen LogP contribution in [0.3, 0.4) is 0 Å². The highest BCUT2D eigenvalue weighted by Crippen LogP contribution is 2.32. The average molecular weight is 409 g/mol. The summed E-state index contributed by atoms with van der Waals surface area (Å²) in [6.45, 7) is 6.89. The standard InChI is InChI=1S/C18H22F3N7O/c1-17(2,3)16-24-14(27-5-4-11(29)8-27)12-15(25-16)28(9-22-12)7-10-6-23-26-13(10)18(19,20)21/h6,9,11,29H,4-5,7-8H2,1-3H3,(H,23,26). The highest BCUT2D eigenvalue weighted by molar-refractivity contribution is 5.84. The average Bonchev–Trinajstić information content (AvgIpc) is 3.33. The maximum atomic E-state index is 13.2. The number of hydrogen-bond donors (Lipinski definition) is 2. The van der Waals surface area contributed by atoms with Gasteiger partial charge in [0, 0.05) is 24.1 Å². The molecule has 1 fully saturated rings. The number of hydrogen-bond acceptors (Lipinski definition) is 6. The molecule has 1 aliphatic rings. The van der Waals surface area contributed by atoms with Gasteiger partial charge in [-0.05, 0) is 6.42 Å². The third-order valence-corrected chi connectivity index (χ3v) is 4.92. The molecule has 1 saturated heterocycles. The van der Waals surface area contributed by atoms with Crippen LogP contribution in [-0.2, 0) is 18.1 Å². The summed E-state index contributed by atoms with van der Waals surface area (Å²) in [6.07, 6.45) is -1.71. The van der Waals surface area contributed by atoms with Gasteiger partial charge in [-0.3, -0.25) is 5.10 Å². The normalized spacial score (nSPS) is 18.2. The summed E-state index contributed by atoms with van der Waals surface area (Å²) in [6, 6.07) is 0. The van der Waals surface area contributed by atoms with Gasteiger partial charge >= 0.3 is 6.18 Å². The lowest BCUT2D eigenvalue weighted by Crippen LogP contribution is -2.25. The Labute approximate surface area is 164 Å². The molecule has 11 heteroatoms. The molecule has 0 bridgehead atoms. The predicted molar refractivity (Wildman–Crippen MR) is 99.6 cm³/mol. The first kappa shape index (κ1) is 19.6. The quantitative estimate of drug-likeness (QED) is 0.690. The van der Waals surface area contributed by atoms with Gasteiger partial charge in [0.25, 0.3) is 0 Å². The number of aliphatic hydroxyl groups is 1. The van der Waals surface area contributed by atoms with E-state index in [9.17, 15) is 18.3 Å². The smallest absolute Gasteiger partial charge is 0.391 e. The number of nitrogens with one attached hydrogen (secondary N) is 1. The van der Waals surface area contributed by atoms with Crippen molar-refractivity contribution in [2.45, 2.75) is 51.4 Å². The fraction of sp³-hybridized carbons (Fsp3) is 0.556. The van der Waals surface area contributed by atoms with Crippen LogP contribution in [0.15, 0.2) is 12.5 Å². The zero-order chi connectivity index (χ0) is 21.0. The first-order chi connectivity index (χ1) is 13.5. The zero-order valence-corrected chi connectivity index (χ0v) is 16.3. The zero-order valence-electron chi connectivity index (χ0n) is 16.3. The SMILES string of the molecule is CC(C)(C)c1nc(N2CCC(O)C2)c2ncn(Cc3cn[nH]c3C(F)(F)F)c2n1. The fourth-order valence-corrected chi connectivity index (χ4v) is 3.40. The summed E-state index contributed by atoms with van der Waals surface area (Å²) >= 11 is 0. The summed E-state index contributed by atoms with van der Waals surface area (Å²) in [5.74, 6) is 1.16. The van der Waals surface area contributed by atoms with Crippen LogP contribution < -0.4 is 4.90 Å². The maximum Gasteiger partial charge on any atom is 0.433 e. The Hall–Kier alpha value is -2.69. The first-order valence-corrected chi connectivity index (χ1v) is 9.30. The van der Waals surface area contributed by atoms with Crippen LogP contribution in [-0.4, -0.2) is 54.0 Å². The first-order valence-electron chi connectivity index (χ1n) is 9.30. The molecule has 0 radical (unpaired) electrons. The molecule has 1 unspecified atom stereocenters. The van der Waals surface area contributed by atoms with E-state index in [4.69, 9.17) is 0 Å². The molecule has 4 rings (SSSR count). The number of H-pyrrole nitrogens is 1. The molecule has 8 nitrogen and oxygen atoms in total. The molecule has 3 aromatic heterocycles. The molecule has 0 amide bonds. The van der Waals surface area contributed by atoms with Gasteiger partial charge in [0.05, 0.1) is 25.2 Å². The lowest BCUT2D eigenvalue weighted by molar-refractivity contribution is -0.141. The van der Waals surface area contributed by atoms with Crippen molar-refractivity contribution in [3.8, 4) is 0 Å². The van der Waals surface area contributed by atoms with Gasteiger partial charge in [0.2, 0.25) is 0 Å². The van der Waals surface area contributed by atoms with Gasteiger partial charge in [-0.25, -0.2) is 15.0 Å². The number of anilines is 1. The van der Waals surface area contributed by atoms with Crippen LogP contribution in [0.4, 0.5) is 19.0 Å². The Bertz CT molecular complexity index is 1030. The lowest BCUT2D eigenvalue weighted by Gasteiger charge is -2.22. The fourth-order valence-electron chi connectivity index (χ4n) is 3.40. The summed E-state index contributed by atoms with van der Waals surface area (Å²) in [7, 11) is 0. The summed E-state index contributed by atoms with van der Waals surface area (Å²) < 4.78 is 41.2. The summed E-state index contributed by atoms with van der Waals surface area (Å²) in [4.78, 5) is 15.6. The molecule has 0 aliphatic carbocycles.